The highest BCUT2D eigenvalue weighted by Crippen LogP contribution is 2.43. The van der Waals surface area contributed by atoms with Crippen molar-refractivity contribution in [1.82, 2.24) is 14.0 Å². The van der Waals surface area contributed by atoms with Crippen LogP contribution in [0, 0.1) is 6.33 Å². The predicted molar refractivity (Wildman–Crippen MR) is 243 cm³/mol. The first-order valence-corrected chi connectivity index (χ1v) is 20.5. The Morgan fingerprint density at radius 3 is 1.93 bits per heavy atom. The maximum absolute atomic E-state index is 6.70. The van der Waals surface area contributed by atoms with Gasteiger partial charge in [0, 0.05) is 23.0 Å². The number of imidazole rings is 1. The Labute approximate surface area is 350 Å². The summed E-state index contributed by atoms with van der Waals surface area (Å²) in [6.07, 6.45) is 7.48. The van der Waals surface area contributed by atoms with Crippen LogP contribution >= 0.6 is 0 Å². The van der Waals surface area contributed by atoms with E-state index in [0.717, 1.165) is 72.8 Å². The smallest absolute Gasteiger partial charge is 0.247 e. The molecule has 0 atom stereocenters. The number of aromatic nitrogens is 4. The number of benzene rings is 6. The highest BCUT2D eigenvalue weighted by molar-refractivity contribution is 6.09. The summed E-state index contributed by atoms with van der Waals surface area (Å²) in [5, 5.41) is 2.32. The monoisotopic (exact) mass is 782 g/mol. The van der Waals surface area contributed by atoms with Crippen LogP contribution < -0.4 is 9.30 Å². The molecule has 0 spiro atoms. The lowest BCUT2D eigenvalue weighted by Crippen LogP contribution is -2.50. The van der Waals surface area contributed by atoms with Crippen molar-refractivity contribution >= 4 is 27.5 Å². The largest absolute Gasteiger partial charge is 0.484 e. The lowest BCUT2D eigenvalue weighted by atomic mass is 9.88. The minimum Gasteiger partial charge on any atom is -0.484 e. The first-order chi connectivity index (χ1) is 29.0. The van der Waals surface area contributed by atoms with E-state index in [9.17, 15) is 0 Å². The van der Waals surface area contributed by atoms with Gasteiger partial charge in [0.1, 0.15) is 23.0 Å². The standard InChI is InChI=1S/C54H46N4O2/c1-53(2,3)39-29-30-55-49(32-39)58-46-26-14-13-23-44(46)45-28-27-41(33-47(45)58)60-40-22-15-21-38(31-40)48-34-59-52-51(57(35-56(48)52)54(4,5)6)50-42(36-17-9-7-10-18-36)24-16-25-43(50)37-19-11-8-12-20-37/h7-34H,1-6H3. The number of oxazole rings is 1. The second-order valence-corrected chi connectivity index (χ2v) is 17.5. The van der Waals surface area contributed by atoms with Crippen LogP contribution in [0.1, 0.15) is 47.1 Å². The zero-order chi connectivity index (χ0) is 41.2. The van der Waals surface area contributed by atoms with E-state index < -0.39 is 0 Å². The normalized spacial score (nSPS) is 12.2. The molecule has 0 unspecified atom stereocenters. The van der Waals surface area contributed by atoms with Gasteiger partial charge in [-0.15, -0.1) is 0 Å². The van der Waals surface area contributed by atoms with E-state index in [2.05, 4.69) is 201 Å². The van der Waals surface area contributed by atoms with Gasteiger partial charge < -0.3 is 13.7 Å². The lowest BCUT2D eigenvalue weighted by Gasteiger charge is -2.24. The van der Waals surface area contributed by atoms with Gasteiger partial charge in [-0.2, -0.15) is 0 Å². The van der Waals surface area contributed by atoms with Gasteiger partial charge in [0.25, 0.3) is 0 Å². The molecule has 0 aliphatic heterocycles. The number of hydrogen-bond acceptors (Lipinski definition) is 3. The molecule has 0 amide bonds. The van der Waals surface area contributed by atoms with Gasteiger partial charge in [0.05, 0.1) is 28.5 Å². The van der Waals surface area contributed by atoms with Crippen LogP contribution in [0.4, 0.5) is 0 Å². The average Bonchev–Trinajstić information content (AvgIpc) is 3.94. The van der Waals surface area contributed by atoms with Gasteiger partial charge in [0.2, 0.25) is 12.0 Å². The fourth-order valence-electron chi connectivity index (χ4n) is 8.38. The average molecular weight is 783 g/mol. The molecule has 6 heteroatoms. The molecule has 0 fully saturated rings. The van der Waals surface area contributed by atoms with Crippen LogP contribution in [0.15, 0.2) is 175 Å². The van der Waals surface area contributed by atoms with Crippen molar-refractivity contribution in [2.24, 2.45) is 0 Å². The van der Waals surface area contributed by atoms with E-state index >= 15 is 0 Å². The topological polar surface area (TPSA) is 48.5 Å². The van der Waals surface area contributed by atoms with Crippen molar-refractivity contribution in [3.63, 3.8) is 0 Å². The Morgan fingerprint density at radius 2 is 1.23 bits per heavy atom. The lowest BCUT2D eigenvalue weighted by molar-refractivity contribution is -0.747. The summed E-state index contributed by atoms with van der Waals surface area (Å²) >= 11 is 0. The molecule has 60 heavy (non-hydrogen) atoms. The van der Waals surface area contributed by atoms with Gasteiger partial charge in [-0.25, -0.2) is 4.98 Å². The molecule has 10 rings (SSSR count). The van der Waals surface area contributed by atoms with Gasteiger partial charge in [-0.3, -0.25) is 8.97 Å². The molecule has 0 radical (unpaired) electrons. The Kier molecular flexibility index (Phi) is 8.83. The van der Waals surface area contributed by atoms with Crippen molar-refractivity contribution in [3.8, 4) is 62.1 Å². The van der Waals surface area contributed by atoms with Gasteiger partial charge in [-0.05, 0) is 108 Å². The Bertz CT molecular complexity index is 3140. The van der Waals surface area contributed by atoms with E-state index in [1.165, 1.54) is 10.9 Å². The molecule has 4 aromatic heterocycles. The number of fused-ring (bicyclic) bond motifs is 4. The first kappa shape index (κ1) is 37.1. The van der Waals surface area contributed by atoms with Gasteiger partial charge in [0.15, 0.2) is 0 Å². The van der Waals surface area contributed by atoms with Crippen molar-refractivity contribution in [1.29, 1.82) is 0 Å². The summed E-state index contributed by atoms with van der Waals surface area (Å²) in [7, 11) is 0. The summed E-state index contributed by atoms with van der Waals surface area (Å²) in [6.45, 7) is 13.3. The zero-order valence-electron chi connectivity index (χ0n) is 34.8. The fraction of sp³-hybridized carbons (Fsp3) is 0.148. The summed E-state index contributed by atoms with van der Waals surface area (Å²) in [5.41, 5.74) is 12.1. The number of pyridine rings is 1. The summed E-state index contributed by atoms with van der Waals surface area (Å²) in [6, 6.07) is 55.0. The minimum absolute atomic E-state index is 0.0129. The van der Waals surface area contributed by atoms with E-state index in [-0.39, 0.29) is 11.0 Å². The minimum atomic E-state index is -0.325. The van der Waals surface area contributed by atoms with Crippen molar-refractivity contribution in [3.05, 3.63) is 182 Å². The van der Waals surface area contributed by atoms with Crippen molar-refractivity contribution in [2.45, 2.75) is 52.5 Å². The molecule has 0 saturated heterocycles. The molecule has 0 saturated carbocycles. The molecule has 6 aromatic carbocycles. The molecular formula is C54H46N4O2. The number of hydrogen-bond donors (Lipinski definition) is 0. The fourth-order valence-corrected chi connectivity index (χ4v) is 8.38. The Balaban J connectivity index is 1.08. The van der Waals surface area contributed by atoms with E-state index in [1.54, 1.807) is 0 Å². The Morgan fingerprint density at radius 1 is 0.600 bits per heavy atom. The van der Waals surface area contributed by atoms with Crippen LogP contribution in [0.5, 0.6) is 11.5 Å². The molecule has 0 bridgehead atoms. The second kappa shape index (κ2) is 14.3. The molecule has 0 aliphatic rings. The zero-order valence-corrected chi connectivity index (χ0v) is 34.8. The number of rotatable bonds is 7. The number of nitrogens with zero attached hydrogens (tertiary/aromatic N) is 4. The molecule has 4 heterocycles. The van der Waals surface area contributed by atoms with Crippen LogP contribution in [0.2, 0.25) is 0 Å². The maximum Gasteiger partial charge on any atom is 0.247 e. The number of para-hydroxylation sites is 1. The molecular weight excluding hydrogens is 737 g/mol. The quantitative estimate of drug-likeness (QED) is 0.119. The summed E-state index contributed by atoms with van der Waals surface area (Å²) in [5.74, 6) is 2.34. The second-order valence-electron chi connectivity index (χ2n) is 17.5. The summed E-state index contributed by atoms with van der Waals surface area (Å²) < 4.78 is 19.8. The Hall–Kier alpha value is -7.18. The van der Waals surface area contributed by atoms with E-state index in [0.29, 0.717) is 11.5 Å². The van der Waals surface area contributed by atoms with Gasteiger partial charge >= 0.3 is 0 Å². The SMILES string of the molecule is CC(C)(C)c1ccnc(-n2c3ccccc3c3ccc(Oc4cccc(-c5coc6c(-c7c(-c8ccccc8)cccc7-c7ccccc7)[n+](C(C)(C)C)[c-]n56)c4)cc32)c1. The van der Waals surface area contributed by atoms with E-state index in [1.807, 2.05) is 30.7 Å². The van der Waals surface area contributed by atoms with E-state index in [4.69, 9.17) is 14.1 Å². The molecule has 10 aromatic rings. The summed E-state index contributed by atoms with van der Waals surface area (Å²) in [4.78, 5) is 4.86. The van der Waals surface area contributed by atoms with Crippen LogP contribution in [0.3, 0.4) is 0 Å². The van der Waals surface area contributed by atoms with Gasteiger partial charge in [-0.1, -0.05) is 130 Å². The third-order valence-electron chi connectivity index (χ3n) is 11.3. The van der Waals surface area contributed by atoms with Crippen molar-refractivity contribution < 1.29 is 13.7 Å². The third kappa shape index (κ3) is 6.45. The maximum atomic E-state index is 6.70. The highest BCUT2D eigenvalue weighted by atomic mass is 16.5. The number of ether oxygens (including phenoxy) is 1. The van der Waals surface area contributed by atoms with Crippen LogP contribution in [-0.4, -0.2) is 14.0 Å². The third-order valence-corrected chi connectivity index (χ3v) is 11.3. The predicted octanol–water partition coefficient (Wildman–Crippen LogP) is 13.6. The molecule has 294 valence electrons. The highest BCUT2D eigenvalue weighted by Gasteiger charge is 2.29. The van der Waals surface area contributed by atoms with Crippen molar-refractivity contribution in [2.75, 3.05) is 0 Å². The molecule has 0 N–H and O–H groups in total. The van der Waals surface area contributed by atoms with Crippen LogP contribution in [0.25, 0.3) is 78.1 Å². The molecule has 6 nitrogen and oxygen atoms in total. The van der Waals surface area contributed by atoms with Crippen LogP contribution in [-0.2, 0) is 11.0 Å². The molecule has 0 aliphatic carbocycles. The first-order valence-electron chi connectivity index (χ1n) is 20.5.